The third-order valence-electron chi connectivity index (χ3n) is 4.36. The van der Waals surface area contributed by atoms with Gasteiger partial charge in [-0.3, -0.25) is 4.99 Å². The van der Waals surface area contributed by atoms with Crippen LogP contribution in [-0.4, -0.2) is 13.3 Å². The summed E-state index contributed by atoms with van der Waals surface area (Å²) in [6.45, 7) is 4.41. The molecule has 0 N–H and O–H groups in total. The van der Waals surface area contributed by atoms with Crippen molar-refractivity contribution in [1.82, 2.24) is 0 Å². The first-order chi connectivity index (χ1) is 11.3. The summed E-state index contributed by atoms with van der Waals surface area (Å²) in [5.74, 6) is 0. The Labute approximate surface area is 157 Å². The van der Waals surface area contributed by atoms with Crippen molar-refractivity contribution in [3.63, 3.8) is 0 Å². The molecule has 0 aromatic heterocycles. The van der Waals surface area contributed by atoms with Crippen LogP contribution in [0.25, 0.3) is 0 Å². The normalized spacial score (nSPS) is 17.8. The predicted octanol–water partition coefficient (Wildman–Crippen LogP) is 6.66. The zero-order valence-corrected chi connectivity index (χ0v) is 15.9. The van der Waals surface area contributed by atoms with Crippen molar-refractivity contribution in [2.75, 3.05) is 11.9 Å². The summed E-state index contributed by atoms with van der Waals surface area (Å²) in [6.07, 6.45) is 3.74. The van der Waals surface area contributed by atoms with Gasteiger partial charge in [0, 0.05) is 35.1 Å². The first kappa shape index (κ1) is 17.3. The van der Waals surface area contributed by atoms with Gasteiger partial charge in [-0.15, -0.1) is 0 Å². The lowest BCUT2D eigenvalue weighted by Crippen LogP contribution is -2.23. The van der Waals surface area contributed by atoms with Crippen LogP contribution < -0.4 is 4.90 Å². The Balaban J connectivity index is 1.96. The Hall–Kier alpha value is -1.48. The highest BCUT2D eigenvalue weighted by atomic mass is 35.5. The van der Waals surface area contributed by atoms with Crippen LogP contribution in [0.2, 0.25) is 15.1 Å². The summed E-state index contributed by atoms with van der Waals surface area (Å²) in [5.41, 5.74) is 4.11. The fourth-order valence-corrected chi connectivity index (χ4v) is 4.06. The van der Waals surface area contributed by atoms with E-state index in [0.717, 1.165) is 5.70 Å². The molecule has 3 rings (SSSR count). The highest BCUT2D eigenvalue weighted by molar-refractivity contribution is 6.41. The molecule has 0 unspecified atom stereocenters. The van der Waals surface area contributed by atoms with E-state index in [1.165, 1.54) is 11.3 Å². The van der Waals surface area contributed by atoms with Crippen LogP contribution in [0, 0.1) is 0 Å². The van der Waals surface area contributed by atoms with E-state index >= 15 is 0 Å². The van der Waals surface area contributed by atoms with E-state index in [0.29, 0.717) is 20.8 Å². The van der Waals surface area contributed by atoms with E-state index in [9.17, 15) is 0 Å². The van der Waals surface area contributed by atoms with Gasteiger partial charge in [0.15, 0.2) is 0 Å². The van der Waals surface area contributed by atoms with Gasteiger partial charge in [-0.05, 0) is 29.8 Å². The Morgan fingerprint density at radius 3 is 2.29 bits per heavy atom. The molecule has 5 heteroatoms. The predicted molar refractivity (Wildman–Crippen MR) is 106 cm³/mol. The van der Waals surface area contributed by atoms with Gasteiger partial charge in [-0.25, -0.2) is 0 Å². The fourth-order valence-electron chi connectivity index (χ4n) is 3.14. The van der Waals surface area contributed by atoms with E-state index in [1.54, 1.807) is 18.3 Å². The van der Waals surface area contributed by atoms with Gasteiger partial charge in [-0.1, -0.05) is 66.8 Å². The molecule has 0 bridgehead atoms. The van der Waals surface area contributed by atoms with E-state index < -0.39 is 0 Å². The fraction of sp³-hybridized carbons (Fsp3) is 0.211. The first-order valence-corrected chi connectivity index (χ1v) is 8.68. The Morgan fingerprint density at radius 1 is 1.04 bits per heavy atom. The van der Waals surface area contributed by atoms with Gasteiger partial charge in [0.25, 0.3) is 0 Å². The molecule has 0 saturated heterocycles. The maximum absolute atomic E-state index is 6.17. The average molecular weight is 380 g/mol. The maximum Gasteiger partial charge on any atom is 0.100 e. The molecular weight excluding hydrogens is 363 g/mol. The molecule has 1 heterocycles. The van der Waals surface area contributed by atoms with Gasteiger partial charge in [0.05, 0.1) is 10.0 Å². The highest BCUT2D eigenvalue weighted by Crippen LogP contribution is 2.46. The van der Waals surface area contributed by atoms with Crippen molar-refractivity contribution in [3.8, 4) is 0 Å². The zero-order chi connectivity index (χ0) is 17.5. The number of nitrogens with zero attached hydrogens (tertiary/aromatic N) is 2. The summed E-state index contributed by atoms with van der Waals surface area (Å²) in [5, 5.41) is 1.36. The second kappa shape index (κ2) is 6.44. The number of halogens is 3. The summed E-state index contributed by atoms with van der Waals surface area (Å²) in [6, 6.07) is 11.7. The molecular formula is C19H17Cl3N2. The van der Waals surface area contributed by atoms with Crippen molar-refractivity contribution in [2.45, 2.75) is 19.3 Å². The van der Waals surface area contributed by atoms with E-state index in [2.05, 4.69) is 55.1 Å². The molecule has 24 heavy (non-hydrogen) atoms. The van der Waals surface area contributed by atoms with E-state index in [-0.39, 0.29) is 5.41 Å². The van der Waals surface area contributed by atoms with Gasteiger partial charge in [0.1, 0.15) is 5.69 Å². The molecule has 1 aliphatic heterocycles. The topological polar surface area (TPSA) is 15.6 Å². The number of hydrogen-bond acceptors (Lipinski definition) is 2. The number of fused-ring (bicyclic) bond motifs is 1. The molecule has 0 fully saturated rings. The molecule has 1 aliphatic rings. The number of aliphatic imine (C=N–C) groups is 1. The maximum atomic E-state index is 6.17. The molecule has 0 atom stereocenters. The van der Waals surface area contributed by atoms with Crippen molar-refractivity contribution in [3.05, 3.63) is 68.8 Å². The molecule has 2 aromatic rings. The Kier molecular flexibility index (Phi) is 4.65. The molecule has 124 valence electrons. The van der Waals surface area contributed by atoms with E-state index in [1.807, 2.05) is 6.08 Å². The third-order valence-corrected chi connectivity index (χ3v) is 5.15. The number of likely N-dealkylation sites (N-methyl/N-ethyl adjacent to an activating group) is 1. The first-order valence-electron chi connectivity index (χ1n) is 7.55. The monoisotopic (exact) mass is 378 g/mol. The minimum Gasteiger partial charge on any atom is -0.347 e. The second-order valence-corrected chi connectivity index (χ2v) is 7.50. The number of allylic oxidation sites excluding steroid dienone is 2. The smallest absolute Gasteiger partial charge is 0.100 e. The largest absolute Gasteiger partial charge is 0.347 e. The molecule has 2 aromatic carbocycles. The van der Waals surface area contributed by atoms with Crippen molar-refractivity contribution in [1.29, 1.82) is 0 Å². The van der Waals surface area contributed by atoms with Crippen LogP contribution in [0.1, 0.15) is 19.4 Å². The van der Waals surface area contributed by atoms with Crippen molar-refractivity contribution in [2.24, 2.45) is 4.99 Å². The summed E-state index contributed by atoms with van der Waals surface area (Å²) in [7, 11) is 2.06. The Morgan fingerprint density at radius 2 is 1.67 bits per heavy atom. The van der Waals surface area contributed by atoms with Gasteiger partial charge >= 0.3 is 0 Å². The van der Waals surface area contributed by atoms with Gasteiger partial charge in [0.2, 0.25) is 0 Å². The van der Waals surface area contributed by atoms with Crippen LogP contribution in [0.4, 0.5) is 11.4 Å². The SMILES string of the molecule is CN1/C(=C/C=Nc2c(Cl)cc(Cl)cc2Cl)C(C)(C)c2ccccc21. The van der Waals surface area contributed by atoms with Crippen molar-refractivity contribution < 1.29 is 0 Å². The number of benzene rings is 2. The number of para-hydroxylation sites is 1. The molecule has 0 saturated carbocycles. The lowest BCUT2D eigenvalue weighted by molar-refractivity contribution is 0.641. The summed E-state index contributed by atoms with van der Waals surface area (Å²) >= 11 is 18.3. The minimum absolute atomic E-state index is 0.0923. The molecule has 0 radical (unpaired) electrons. The number of hydrogen-bond donors (Lipinski definition) is 0. The quantitative estimate of drug-likeness (QED) is 0.533. The van der Waals surface area contributed by atoms with Crippen LogP contribution >= 0.6 is 34.8 Å². The Bertz CT molecular complexity index is 830. The van der Waals surface area contributed by atoms with Gasteiger partial charge < -0.3 is 4.90 Å². The lowest BCUT2D eigenvalue weighted by atomic mass is 9.84. The third kappa shape index (κ3) is 2.95. The van der Waals surface area contributed by atoms with Crippen LogP contribution in [0.5, 0.6) is 0 Å². The molecule has 2 nitrogen and oxygen atoms in total. The van der Waals surface area contributed by atoms with Crippen LogP contribution in [0.15, 0.2) is 53.2 Å². The minimum atomic E-state index is -0.0923. The molecule has 0 amide bonds. The number of rotatable bonds is 2. The second-order valence-electron chi connectivity index (χ2n) is 6.25. The lowest BCUT2D eigenvalue weighted by Gasteiger charge is -2.23. The molecule has 0 aliphatic carbocycles. The standard InChI is InChI=1S/C19H17Cl3N2/c1-19(2)13-6-4-5-7-16(13)24(3)17(19)8-9-23-18-14(21)10-12(20)11-15(18)22/h4-11H,1-3H3/b17-8+,23-9?. The zero-order valence-electron chi connectivity index (χ0n) is 13.6. The van der Waals surface area contributed by atoms with Gasteiger partial charge in [-0.2, -0.15) is 0 Å². The summed E-state index contributed by atoms with van der Waals surface area (Å²) in [4.78, 5) is 6.61. The van der Waals surface area contributed by atoms with E-state index in [4.69, 9.17) is 34.8 Å². The summed E-state index contributed by atoms with van der Waals surface area (Å²) < 4.78 is 0. The van der Waals surface area contributed by atoms with Crippen LogP contribution in [-0.2, 0) is 5.41 Å². The molecule has 0 spiro atoms. The van der Waals surface area contributed by atoms with Crippen molar-refractivity contribution >= 4 is 52.4 Å². The highest BCUT2D eigenvalue weighted by Gasteiger charge is 2.37. The average Bonchev–Trinajstić information content (AvgIpc) is 2.70. The number of anilines is 1. The van der Waals surface area contributed by atoms with Crippen LogP contribution in [0.3, 0.4) is 0 Å².